The third-order valence-electron chi connectivity index (χ3n) is 5.61. The zero-order chi connectivity index (χ0) is 24.0. The Morgan fingerprint density at radius 1 is 1.12 bits per heavy atom. The van der Waals surface area contributed by atoms with Gasteiger partial charge in [0, 0.05) is 23.1 Å². The molecule has 0 atom stereocenters. The lowest BCUT2D eigenvalue weighted by Gasteiger charge is -2.11. The lowest BCUT2D eigenvalue weighted by Crippen LogP contribution is -2.27. The van der Waals surface area contributed by atoms with Crippen LogP contribution < -0.4 is 9.47 Å². The fourth-order valence-corrected chi connectivity index (χ4v) is 4.79. The lowest BCUT2D eigenvalue weighted by molar-refractivity contribution is -0.123. The van der Waals surface area contributed by atoms with Gasteiger partial charge in [-0.2, -0.15) is 0 Å². The van der Waals surface area contributed by atoms with Crippen molar-refractivity contribution < 1.29 is 33.0 Å². The van der Waals surface area contributed by atoms with E-state index in [9.17, 15) is 14.4 Å². The number of esters is 1. The summed E-state index contributed by atoms with van der Waals surface area (Å²) in [4.78, 5) is 38.5. The SMILES string of the molecule is COC(=O)c1ccc(CN2C(=O)SC(=Cc3cc(C)n(-c4ccc5c(c4)OCO5)c3C)C2=O)o1. The normalized spacial score (nSPS) is 16.1. The molecule has 0 saturated carbocycles. The van der Waals surface area contributed by atoms with Gasteiger partial charge in [0.15, 0.2) is 11.5 Å². The number of carbonyl (C=O) groups is 3. The zero-order valence-corrected chi connectivity index (χ0v) is 19.4. The highest BCUT2D eigenvalue weighted by molar-refractivity contribution is 8.18. The molecule has 2 aliphatic heterocycles. The number of furan rings is 1. The Balaban J connectivity index is 1.39. The third-order valence-corrected chi connectivity index (χ3v) is 6.51. The highest BCUT2D eigenvalue weighted by Gasteiger charge is 2.36. The van der Waals surface area contributed by atoms with Crippen LogP contribution in [0.4, 0.5) is 4.79 Å². The van der Waals surface area contributed by atoms with E-state index in [-0.39, 0.29) is 19.1 Å². The van der Waals surface area contributed by atoms with E-state index in [1.165, 1.54) is 19.2 Å². The van der Waals surface area contributed by atoms with Gasteiger partial charge in [0.2, 0.25) is 12.6 Å². The number of aromatic nitrogens is 1. The molecule has 0 radical (unpaired) electrons. The molecule has 1 fully saturated rings. The van der Waals surface area contributed by atoms with E-state index in [0.717, 1.165) is 39.3 Å². The van der Waals surface area contributed by atoms with E-state index in [0.29, 0.717) is 22.2 Å². The molecule has 174 valence electrons. The van der Waals surface area contributed by atoms with Crippen molar-refractivity contribution >= 4 is 35.0 Å². The van der Waals surface area contributed by atoms with Crippen LogP contribution in [0.1, 0.15) is 33.3 Å². The Labute approximate surface area is 198 Å². The molecular weight excluding hydrogens is 460 g/mol. The first kappa shape index (κ1) is 21.9. The Morgan fingerprint density at radius 3 is 2.71 bits per heavy atom. The monoisotopic (exact) mass is 480 g/mol. The van der Waals surface area contributed by atoms with Gasteiger partial charge in [-0.3, -0.25) is 14.5 Å². The number of carbonyl (C=O) groups excluding carboxylic acids is 3. The number of nitrogens with zero attached hydrogens (tertiary/aromatic N) is 2. The Bertz CT molecular complexity index is 1370. The molecule has 0 spiro atoms. The van der Waals surface area contributed by atoms with Crippen molar-refractivity contribution in [1.29, 1.82) is 0 Å². The van der Waals surface area contributed by atoms with Gasteiger partial charge >= 0.3 is 5.97 Å². The first-order chi connectivity index (χ1) is 16.4. The molecule has 2 amide bonds. The summed E-state index contributed by atoms with van der Waals surface area (Å²) in [6, 6.07) is 10.7. The van der Waals surface area contributed by atoms with Gasteiger partial charge < -0.3 is 23.2 Å². The number of amides is 2. The van der Waals surface area contributed by atoms with Crippen LogP contribution in [0.25, 0.3) is 11.8 Å². The molecule has 0 bridgehead atoms. The molecule has 34 heavy (non-hydrogen) atoms. The molecule has 5 rings (SSSR count). The second-order valence-electron chi connectivity index (χ2n) is 7.72. The second kappa shape index (κ2) is 8.45. The number of imide groups is 1. The molecule has 0 unspecified atom stereocenters. The quantitative estimate of drug-likeness (QED) is 0.390. The minimum absolute atomic E-state index is 0.0102. The minimum atomic E-state index is -0.627. The molecule has 4 heterocycles. The van der Waals surface area contributed by atoms with Crippen molar-refractivity contribution in [3.05, 3.63) is 69.8 Å². The maximum absolute atomic E-state index is 13.0. The molecular formula is C24H20N2O7S. The molecule has 0 N–H and O–H groups in total. The number of thioether (sulfide) groups is 1. The molecule has 2 aliphatic rings. The summed E-state index contributed by atoms with van der Waals surface area (Å²) in [6.45, 7) is 4.04. The van der Waals surface area contributed by atoms with Crippen LogP contribution in [-0.4, -0.2) is 40.5 Å². The lowest BCUT2D eigenvalue weighted by atomic mass is 10.2. The number of rotatable bonds is 5. The topological polar surface area (TPSA) is 100 Å². The van der Waals surface area contributed by atoms with Gasteiger partial charge in [-0.1, -0.05) is 0 Å². The predicted octanol–water partition coefficient (Wildman–Crippen LogP) is 4.44. The van der Waals surface area contributed by atoms with Crippen LogP contribution in [0.2, 0.25) is 0 Å². The summed E-state index contributed by atoms with van der Waals surface area (Å²) in [6.07, 6.45) is 1.72. The Kier molecular flexibility index (Phi) is 5.45. The highest BCUT2D eigenvalue weighted by atomic mass is 32.2. The van der Waals surface area contributed by atoms with E-state index < -0.39 is 17.1 Å². The number of aryl methyl sites for hydroxylation is 1. The second-order valence-corrected chi connectivity index (χ2v) is 8.72. The molecule has 1 saturated heterocycles. The summed E-state index contributed by atoms with van der Waals surface area (Å²) >= 11 is 0.869. The van der Waals surface area contributed by atoms with Crippen molar-refractivity contribution in [2.75, 3.05) is 13.9 Å². The summed E-state index contributed by atoms with van der Waals surface area (Å²) in [5.41, 5.74) is 3.61. The molecule has 9 nitrogen and oxygen atoms in total. The van der Waals surface area contributed by atoms with Gasteiger partial charge in [0.25, 0.3) is 11.1 Å². The van der Waals surface area contributed by atoms with Crippen LogP contribution in [0.3, 0.4) is 0 Å². The molecule has 0 aliphatic carbocycles. The number of benzene rings is 1. The van der Waals surface area contributed by atoms with Crippen molar-refractivity contribution in [1.82, 2.24) is 9.47 Å². The van der Waals surface area contributed by atoms with Crippen LogP contribution in [0, 0.1) is 13.8 Å². The number of ether oxygens (including phenoxy) is 3. The first-order valence-electron chi connectivity index (χ1n) is 10.4. The summed E-state index contributed by atoms with van der Waals surface area (Å²) in [7, 11) is 1.25. The average Bonchev–Trinajstić information content (AvgIpc) is 3.58. The molecule has 3 aromatic rings. The van der Waals surface area contributed by atoms with Crippen molar-refractivity contribution in [2.45, 2.75) is 20.4 Å². The fourth-order valence-electron chi connectivity index (χ4n) is 3.96. The van der Waals surface area contributed by atoms with Gasteiger partial charge in [-0.25, -0.2) is 4.79 Å². The van der Waals surface area contributed by atoms with E-state index in [4.69, 9.17) is 13.9 Å². The zero-order valence-electron chi connectivity index (χ0n) is 18.6. The number of fused-ring (bicyclic) bond motifs is 1. The minimum Gasteiger partial charge on any atom is -0.463 e. The average molecular weight is 480 g/mol. The van der Waals surface area contributed by atoms with Gasteiger partial charge in [0.05, 0.1) is 18.6 Å². The smallest absolute Gasteiger partial charge is 0.373 e. The summed E-state index contributed by atoms with van der Waals surface area (Å²) < 4.78 is 22.9. The van der Waals surface area contributed by atoms with Gasteiger partial charge in [0.1, 0.15) is 5.76 Å². The van der Waals surface area contributed by atoms with Crippen LogP contribution in [-0.2, 0) is 16.1 Å². The predicted molar refractivity (Wildman–Crippen MR) is 123 cm³/mol. The van der Waals surface area contributed by atoms with Gasteiger partial charge in [-0.05, 0) is 67.6 Å². The number of hydrogen-bond acceptors (Lipinski definition) is 8. The van der Waals surface area contributed by atoms with Crippen LogP contribution in [0.5, 0.6) is 11.5 Å². The van der Waals surface area contributed by atoms with Gasteiger partial charge in [-0.15, -0.1) is 0 Å². The van der Waals surface area contributed by atoms with Crippen molar-refractivity contribution in [3.8, 4) is 17.2 Å². The highest BCUT2D eigenvalue weighted by Crippen LogP contribution is 2.37. The van der Waals surface area contributed by atoms with E-state index in [1.54, 1.807) is 6.08 Å². The molecule has 1 aromatic carbocycles. The number of hydrogen-bond donors (Lipinski definition) is 0. The van der Waals surface area contributed by atoms with Crippen molar-refractivity contribution in [2.24, 2.45) is 0 Å². The standard InChI is InChI=1S/C24H20N2O7S/c1-13-8-15(14(2)26(13)16-4-6-18-20(10-16)32-12-31-18)9-21-22(27)25(24(29)34-21)11-17-5-7-19(33-17)23(28)30-3/h4-10H,11-12H2,1-3H3. The van der Waals surface area contributed by atoms with Crippen LogP contribution in [0.15, 0.2) is 45.7 Å². The number of methoxy groups -OCH3 is 1. The summed E-state index contributed by atoms with van der Waals surface area (Å²) in [5, 5.41) is -0.406. The van der Waals surface area contributed by atoms with Crippen LogP contribution >= 0.6 is 11.8 Å². The van der Waals surface area contributed by atoms with E-state index in [2.05, 4.69) is 9.30 Å². The van der Waals surface area contributed by atoms with E-state index in [1.807, 2.05) is 38.1 Å². The fraction of sp³-hybridized carbons (Fsp3) is 0.208. The third kappa shape index (κ3) is 3.75. The molecule has 2 aromatic heterocycles. The molecule has 10 heteroatoms. The maximum Gasteiger partial charge on any atom is 0.373 e. The Hall–Kier alpha value is -3.92. The summed E-state index contributed by atoms with van der Waals surface area (Å²) in [5.74, 6) is 0.661. The Morgan fingerprint density at radius 2 is 1.91 bits per heavy atom. The largest absolute Gasteiger partial charge is 0.463 e. The first-order valence-corrected chi connectivity index (χ1v) is 11.2. The van der Waals surface area contributed by atoms with E-state index >= 15 is 0 Å². The van der Waals surface area contributed by atoms with Crippen molar-refractivity contribution in [3.63, 3.8) is 0 Å². The maximum atomic E-state index is 13.0.